The largest absolute Gasteiger partial charge is 0.450 e. The second-order valence-corrected chi connectivity index (χ2v) is 7.33. The van der Waals surface area contributed by atoms with E-state index in [1.54, 1.807) is 23.9 Å². The summed E-state index contributed by atoms with van der Waals surface area (Å²) < 4.78 is 24.9. The molecule has 1 N–H and O–H groups in total. The van der Waals surface area contributed by atoms with E-state index in [1.165, 1.54) is 17.3 Å². The highest BCUT2D eigenvalue weighted by molar-refractivity contribution is 5.90. The number of hydrogen-bond donors (Lipinski definition) is 1. The van der Waals surface area contributed by atoms with Crippen molar-refractivity contribution in [1.29, 1.82) is 0 Å². The zero-order chi connectivity index (χ0) is 21.8. The lowest BCUT2D eigenvalue weighted by Gasteiger charge is -2.33. The maximum absolute atomic E-state index is 14.9. The van der Waals surface area contributed by atoms with E-state index in [0.29, 0.717) is 24.5 Å². The highest BCUT2D eigenvalue weighted by atomic mass is 19.1. The van der Waals surface area contributed by atoms with Crippen LogP contribution in [0.15, 0.2) is 24.5 Å². The highest BCUT2D eigenvalue weighted by Crippen LogP contribution is 2.31. The van der Waals surface area contributed by atoms with Crippen LogP contribution in [0.4, 0.5) is 25.4 Å². The molecule has 2 fully saturated rings. The fraction of sp³-hybridized carbons (Fsp3) is 0.526. The van der Waals surface area contributed by atoms with Crippen LogP contribution in [0.25, 0.3) is 0 Å². The van der Waals surface area contributed by atoms with Crippen LogP contribution in [0, 0.1) is 5.82 Å². The molecule has 0 radical (unpaired) electrons. The number of piperidine rings is 1. The Labute approximate surface area is 178 Å². The van der Waals surface area contributed by atoms with Crippen LogP contribution < -0.4 is 15.1 Å². The molecule has 166 valence electrons. The van der Waals surface area contributed by atoms with Gasteiger partial charge in [0.15, 0.2) is 6.33 Å². The van der Waals surface area contributed by atoms with Crippen molar-refractivity contribution in [1.82, 2.24) is 25.5 Å². The third-order valence-corrected chi connectivity index (χ3v) is 5.36. The van der Waals surface area contributed by atoms with Crippen molar-refractivity contribution in [3.8, 4) is 0 Å². The summed E-state index contributed by atoms with van der Waals surface area (Å²) in [6.07, 6.45) is 1.28. The number of anilines is 2. The first-order valence-electron chi connectivity index (χ1n) is 10.2. The monoisotopic (exact) mass is 433 g/mol. The average molecular weight is 433 g/mol. The molecule has 3 heterocycles. The number of alkyl carbamates (subject to hydrolysis) is 1. The Balaban J connectivity index is 1.35. The Morgan fingerprint density at radius 3 is 2.84 bits per heavy atom. The van der Waals surface area contributed by atoms with Gasteiger partial charge in [-0.3, -0.25) is 4.90 Å². The minimum Gasteiger partial charge on any atom is -0.450 e. The molecule has 0 saturated carbocycles. The Morgan fingerprint density at radius 1 is 1.35 bits per heavy atom. The third kappa shape index (κ3) is 4.67. The number of cyclic esters (lactones) is 1. The fourth-order valence-corrected chi connectivity index (χ4v) is 3.82. The van der Waals surface area contributed by atoms with Crippen molar-refractivity contribution in [2.75, 3.05) is 42.6 Å². The van der Waals surface area contributed by atoms with Crippen LogP contribution in [0.2, 0.25) is 0 Å². The lowest BCUT2D eigenvalue weighted by atomic mass is 10.0. The summed E-state index contributed by atoms with van der Waals surface area (Å²) in [7, 11) is 0. The molecule has 1 aromatic heterocycles. The minimum atomic E-state index is -0.580. The Hall–Kier alpha value is -3.44. The maximum atomic E-state index is 14.9. The van der Waals surface area contributed by atoms with Crippen LogP contribution in [0.3, 0.4) is 0 Å². The van der Waals surface area contributed by atoms with Crippen LogP contribution in [-0.4, -0.2) is 71.3 Å². The number of ether oxygens (including phenoxy) is 2. The molecule has 0 spiro atoms. The van der Waals surface area contributed by atoms with Gasteiger partial charge in [0.05, 0.1) is 37.1 Å². The summed E-state index contributed by atoms with van der Waals surface area (Å²) in [6.45, 7) is 3.61. The normalized spacial score (nSPS) is 19.4. The zero-order valence-corrected chi connectivity index (χ0v) is 17.1. The number of tetrazole rings is 1. The summed E-state index contributed by atoms with van der Waals surface area (Å²) in [5.41, 5.74) is 0.897. The zero-order valence-electron chi connectivity index (χ0n) is 17.1. The molecular weight excluding hydrogens is 409 g/mol. The van der Waals surface area contributed by atoms with Gasteiger partial charge in [-0.1, -0.05) is 0 Å². The van der Waals surface area contributed by atoms with E-state index in [-0.39, 0.29) is 25.7 Å². The van der Waals surface area contributed by atoms with E-state index in [0.717, 1.165) is 12.8 Å². The molecule has 2 aliphatic heterocycles. The number of amides is 2. The summed E-state index contributed by atoms with van der Waals surface area (Å²) in [4.78, 5) is 28.5. The standard InChI is InChI=1S/C19H24FN7O4/c1-2-30-18(28)21-10-15-11-26(19(29)31-15)14-3-4-17(16(20)9-14)25-7-5-13(6-8-25)27-23-12-22-24-27/h3-4,9,12-13,15H,2,5-8,10-11H2,1H3,(H,21,28). The number of nitrogens with one attached hydrogen (secondary N) is 1. The average Bonchev–Trinajstić information content (AvgIpc) is 3.43. The van der Waals surface area contributed by atoms with Gasteiger partial charge in [-0.15, -0.1) is 10.2 Å². The van der Waals surface area contributed by atoms with Crippen molar-refractivity contribution in [2.24, 2.45) is 0 Å². The summed E-state index contributed by atoms with van der Waals surface area (Å²) in [6, 6.07) is 4.87. The molecule has 2 amide bonds. The van der Waals surface area contributed by atoms with Crippen molar-refractivity contribution < 1.29 is 23.5 Å². The van der Waals surface area contributed by atoms with Crippen LogP contribution in [0.1, 0.15) is 25.8 Å². The molecule has 0 bridgehead atoms. The lowest BCUT2D eigenvalue weighted by molar-refractivity contribution is 0.127. The quantitative estimate of drug-likeness (QED) is 0.733. The van der Waals surface area contributed by atoms with Crippen molar-refractivity contribution in [2.45, 2.75) is 31.9 Å². The number of benzene rings is 1. The Kier molecular flexibility index (Phi) is 6.14. The highest BCUT2D eigenvalue weighted by Gasteiger charge is 2.33. The van der Waals surface area contributed by atoms with Crippen molar-refractivity contribution in [3.63, 3.8) is 0 Å². The molecule has 2 aliphatic rings. The Morgan fingerprint density at radius 2 is 2.16 bits per heavy atom. The van der Waals surface area contributed by atoms with Gasteiger partial charge < -0.3 is 19.7 Å². The predicted octanol–water partition coefficient (Wildman–Crippen LogP) is 1.72. The molecule has 2 saturated heterocycles. The molecule has 1 aromatic carbocycles. The molecule has 2 aromatic rings. The van der Waals surface area contributed by atoms with Crippen molar-refractivity contribution >= 4 is 23.6 Å². The van der Waals surface area contributed by atoms with Gasteiger partial charge in [0.2, 0.25) is 0 Å². The van der Waals surface area contributed by atoms with Gasteiger partial charge in [-0.2, -0.15) is 4.80 Å². The molecule has 0 aliphatic carbocycles. The number of carbonyl (C=O) groups is 2. The number of carbonyl (C=O) groups excluding carboxylic acids is 2. The first-order chi connectivity index (χ1) is 15.0. The van der Waals surface area contributed by atoms with E-state index < -0.39 is 24.1 Å². The summed E-state index contributed by atoms with van der Waals surface area (Å²) >= 11 is 0. The summed E-state index contributed by atoms with van der Waals surface area (Å²) in [5.74, 6) is -0.407. The minimum absolute atomic E-state index is 0.122. The molecular formula is C19H24FN7O4. The first kappa shape index (κ1) is 20.8. The van der Waals surface area contributed by atoms with E-state index in [1.807, 2.05) is 4.90 Å². The molecule has 4 rings (SSSR count). The first-order valence-corrected chi connectivity index (χ1v) is 10.2. The van der Waals surface area contributed by atoms with Gasteiger partial charge in [-0.25, -0.2) is 14.0 Å². The van der Waals surface area contributed by atoms with E-state index in [9.17, 15) is 14.0 Å². The van der Waals surface area contributed by atoms with Gasteiger partial charge in [0.1, 0.15) is 11.9 Å². The van der Waals surface area contributed by atoms with Gasteiger partial charge in [0, 0.05) is 13.1 Å². The second kappa shape index (κ2) is 9.14. The van der Waals surface area contributed by atoms with Crippen LogP contribution >= 0.6 is 0 Å². The molecule has 1 atom stereocenters. The van der Waals surface area contributed by atoms with Gasteiger partial charge in [0.25, 0.3) is 0 Å². The SMILES string of the molecule is CCOC(=O)NCC1CN(c2ccc(N3CCC(n4ncnn4)CC3)c(F)c2)C(=O)O1. The van der Waals surface area contributed by atoms with E-state index in [2.05, 4.69) is 20.7 Å². The van der Waals surface area contributed by atoms with Crippen molar-refractivity contribution in [3.05, 3.63) is 30.3 Å². The molecule has 1 unspecified atom stereocenters. The molecule has 31 heavy (non-hydrogen) atoms. The number of rotatable bonds is 6. The maximum Gasteiger partial charge on any atom is 0.414 e. The lowest BCUT2D eigenvalue weighted by Crippen LogP contribution is -2.36. The van der Waals surface area contributed by atoms with Crippen LogP contribution in [-0.2, 0) is 9.47 Å². The second-order valence-electron chi connectivity index (χ2n) is 7.33. The number of hydrogen-bond acceptors (Lipinski definition) is 8. The number of halogens is 1. The van der Waals surface area contributed by atoms with E-state index >= 15 is 0 Å². The topological polar surface area (TPSA) is 115 Å². The summed E-state index contributed by atoms with van der Waals surface area (Å²) in [5, 5.41) is 14.3. The number of nitrogens with zero attached hydrogens (tertiary/aromatic N) is 6. The third-order valence-electron chi connectivity index (χ3n) is 5.36. The van der Waals surface area contributed by atoms with Crippen LogP contribution in [0.5, 0.6) is 0 Å². The van der Waals surface area contributed by atoms with E-state index in [4.69, 9.17) is 9.47 Å². The Bertz CT molecular complexity index is 918. The van der Waals surface area contributed by atoms with Gasteiger partial charge in [-0.05, 0) is 43.2 Å². The smallest absolute Gasteiger partial charge is 0.414 e. The van der Waals surface area contributed by atoms with Gasteiger partial charge >= 0.3 is 12.2 Å². The number of aromatic nitrogens is 4. The fourth-order valence-electron chi connectivity index (χ4n) is 3.82. The molecule has 11 nitrogen and oxygen atoms in total. The molecule has 12 heteroatoms. The predicted molar refractivity (Wildman–Crippen MR) is 107 cm³/mol.